The Bertz CT molecular complexity index is 992. The molecule has 0 aromatic carbocycles. The van der Waals surface area contributed by atoms with Crippen LogP contribution in [0.1, 0.15) is 5.69 Å². The number of rotatable bonds is 1. The number of hydrogen-bond donors (Lipinski definition) is 0. The van der Waals surface area contributed by atoms with E-state index in [0.717, 1.165) is 16.7 Å². The molecule has 0 radical (unpaired) electrons. The summed E-state index contributed by atoms with van der Waals surface area (Å²) in [5.74, 6) is 0.474. The number of aryl methyl sites for hydroxylation is 2. The fourth-order valence-electron chi connectivity index (χ4n) is 2.26. The van der Waals surface area contributed by atoms with Crippen LogP contribution in [0.2, 0.25) is 5.02 Å². The normalized spacial score (nSPS) is 11.8. The molecule has 9 heteroatoms. The number of hydrogen-bond acceptors (Lipinski definition) is 5. The third-order valence-electron chi connectivity index (χ3n) is 3.54. The molecule has 4 aromatic heterocycles. The zero-order valence-electron chi connectivity index (χ0n) is 11.6. The zero-order valence-corrected chi connectivity index (χ0v) is 12.4. The SMILES string of the molecule is Cc1c(Cl)c(-c2nc3c4cnn(C)c4ncn3n2)nn1C. The fourth-order valence-corrected chi connectivity index (χ4v) is 2.51. The molecule has 0 amide bonds. The highest BCUT2D eigenvalue weighted by Gasteiger charge is 2.19. The van der Waals surface area contributed by atoms with Gasteiger partial charge in [-0.05, 0) is 6.92 Å². The van der Waals surface area contributed by atoms with E-state index in [2.05, 4.69) is 25.3 Å². The van der Waals surface area contributed by atoms with Crippen LogP contribution in [-0.2, 0) is 14.1 Å². The van der Waals surface area contributed by atoms with Gasteiger partial charge in [0.25, 0.3) is 0 Å². The molecule has 0 aliphatic carbocycles. The van der Waals surface area contributed by atoms with Crippen molar-refractivity contribution in [1.82, 2.24) is 39.1 Å². The molecule has 0 N–H and O–H groups in total. The molecular weight excluding hydrogens is 292 g/mol. The average Bonchev–Trinajstić information content (AvgIpc) is 3.12. The first-order valence-electron chi connectivity index (χ1n) is 6.29. The summed E-state index contributed by atoms with van der Waals surface area (Å²) < 4.78 is 5.02. The molecule has 8 nitrogen and oxygen atoms in total. The van der Waals surface area contributed by atoms with Gasteiger partial charge in [-0.1, -0.05) is 11.6 Å². The Labute approximate surface area is 124 Å². The third-order valence-corrected chi connectivity index (χ3v) is 3.99. The highest BCUT2D eigenvalue weighted by atomic mass is 35.5. The van der Waals surface area contributed by atoms with Crippen molar-refractivity contribution in [3.8, 4) is 11.5 Å². The van der Waals surface area contributed by atoms with E-state index in [1.165, 1.54) is 0 Å². The number of fused-ring (bicyclic) bond motifs is 3. The van der Waals surface area contributed by atoms with E-state index in [-0.39, 0.29) is 0 Å². The van der Waals surface area contributed by atoms with Crippen LogP contribution in [-0.4, -0.2) is 39.1 Å². The Morgan fingerprint density at radius 2 is 1.90 bits per heavy atom. The molecular formula is C12H11ClN8. The summed E-state index contributed by atoms with van der Waals surface area (Å²) in [6, 6.07) is 0. The maximum Gasteiger partial charge on any atom is 0.204 e. The van der Waals surface area contributed by atoms with E-state index in [9.17, 15) is 0 Å². The molecule has 106 valence electrons. The van der Waals surface area contributed by atoms with Crippen LogP contribution in [0.4, 0.5) is 0 Å². The van der Waals surface area contributed by atoms with Crippen molar-refractivity contribution < 1.29 is 0 Å². The molecule has 0 aliphatic rings. The first-order valence-corrected chi connectivity index (χ1v) is 6.66. The molecule has 0 bridgehead atoms. The predicted octanol–water partition coefficient (Wildman–Crippen LogP) is 1.37. The minimum atomic E-state index is 0.474. The summed E-state index contributed by atoms with van der Waals surface area (Å²) in [4.78, 5) is 8.86. The van der Waals surface area contributed by atoms with E-state index >= 15 is 0 Å². The summed E-state index contributed by atoms with van der Waals surface area (Å²) in [5.41, 5.74) is 2.87. The van der Waals surface area contributed by atoms with Gasteiger partial charge in [0.1, 0.15) is 6.33 Å². The van der Waals surface area contributed by atoms with Gasteiger partial charge in [0.05, 0.1) is 22.3 Å². The second-order valence-electron chi connectivity index (χ2n) is 4.83. The molecule has 0 unspecified atom stereocenters. The lowest BCUT2D eigenvalue weighted by molar-refractivity contribution is 0.741. The Kier molecular flexibility index (Phi) is 2.35. The van der Waals surface area contributed by atoms with Crippen LogP contribution in [0.15, 0.2) is 12.5 Å². The van der Waals surface area contributed by atoms with Gasteiger partial charge in [0.15, 0.2) is 17.0 Å². The second kappa shape index (κ2) is 4.01. The van der Waals surface area contributed by atoms with E-state index in [4.69, 9.17) is 11.6 Å². The summed E-state index contributed by atoms with van der Waals surface area (Å²) in [7, 11) is 3.67. The Morgan fingerprint density at radius 3 is 2.62 bits per heavy atom. The van der Waals surface area contributed by atoms with Crippen LogP contribution >= 0.6 is 11.6 Å². The lowest BCUT2D eigenvalue weighted by Crippen LogP contribution is -1.95. The second-order valence-corrected chi connectivity index (χ2v) is 5.20. The van der Waals surface area contributed by atoms with E-state index < -0.39 is 0 Å². The molecule has 21 heavy (non-hydrogen) atoms. The molecule has 0 spiro atoms. The molecule has 0 aliphatic heterocycles. The molecule has 0 fully saturated rings. The number of nitrogens with zero attached hydrogens (tertiary/aromatic N) is 8. The van der Waals surface area contributed by atoms with Gasteiger partial charge in [0, 0.05) is 14.1 Å². The van der Waals surface area contributed by atoms with Crippen LogP contribution in [0, 0.1) is 6.92 Å². The number of aromatic nitrogens is 8. The molecule has 0 saturated carbocycles. The van der Waals surface area contributed by atoms with Crippen molar-refractivity contribution in [2.24, 2.45) is 14.1 Å². The monoisotopic (exact) mass is 302 g/mol. The molecule has 0 atom stereocenters. The Hall–Kier alpha value is -2.48. The topological polar surface area (TPSA) is 78.7 Å². The van der Waals surface area contributed by atoms with Crippen molar-refractivity contribution in [2.75, 3.05) is 0 Å². The molecule has 4 heterocycles. The highest BCUT2D eigenvalue weighted by Crippen LogP contribution is 2.28. The molecule has 4 aromatic rings. The van der Waals surface area contributed by atoms with Crippen LogP contribution < -0.4 is 0 Å². The fraction of sp³-hybridized carbons (Fsp3) is 0.250. The average molecular weight is 303 g/mol. The first-order chi connectivity index (χ1) is 10.1. The maximum absolute atomic E-state index is 6.29. The van der Waals surface area contributed by atoms with Crippen LogP contribution in [0.25, 0.3) is 28.2 Å². The Balaban J connectivity index is 2.02. The largest absolute Gasteiger partial charge is 0.271 e. The minimum Gasteiger partial charge on any atom is -0.271 e. The highest BCUT2D eigenvalue weighted by molar-refractivity contribution is 6.33. The van der Waals surface area contributed by atoms with Crippen molar-refractivity contribution in [2.45, 2.75) is 6.92 Å². The van der Waals surface area contributed by atoms with Crippen molar-refractivity contribution in [1.29, 1.82) is 0 Å². The van der Waals surface area contributed by atoms with Gasteiger partial charge in [-0.3, -0.25) is 9.36 Å². The van der Waals surface area contributed by atoms with Crippen LogP contribution in [0.3, 0.4) is 0 Å². The summed E-state index contributed by atoms with van der Waals surface area (Å²) in [6.07, 6.45) is 3.33. The summed E-state index contributed by atoms with van der Waals surface area (Å²) >= 11 is 6.29. The number of halogens is 1. The van der Waals surface area contributed by atoms with Crippen molar-refractivity contribution in [3.05, 3.63) is 23.2 Å². The van der Waals surface area contributed by atoms with E-state index in [1.807, 2.05) is 21.0 Å². The first kappa shape index (κ1) is 12.3. The van der Waals surface area contributed by atoms with Gasteiger partial charge < -0.3 is 0 Å². The lowest BCUT2D eigenvalue weighted by Gasteiger charge is -1.93. The van der Waals surface area contributed by atoms with E-state index in [1.54, 1.807) is 26.4 Å². The maximum atomic E-state index is 6.29. The third kappa shape index (κ3) is 1.59. The van der Waals surface area contributed by atoms with Gasteiger partial charge in [0.2, 0.25) is 5.82 Å². The quantitative estimate of drug-likeness (QED) is 0.530. The van der Waals surface area contributed by atoms with Gasteiger partial charge >= 0.3 is 0 Å². The van der Waals surface area contributed by atoms with E-state index in [0.29, 0.717) is 22.2 Å². The van der Waals surface area contributed by atoms with Crippen LogP contribution in [0.5, 0.6) is 0 Å². The van der Waals surface area contributed by atoms with Gasteiger partial charge in [-0.15, -0.1) is 5.10 Å². The Morgan fingerprint density at radius 1 is 1.10 bits per heavy atom. The summed E-state index contributed by atoms with van der Waals surface area (Å²) in [5, 5.41) is 14.4. The standard InChI is InChI=1S/C12H11ClN8/c1-6-8(13)9(17-19(6)2)10-16-12-7-4-15-20(3)11(7)14-5-21(12)18-10/h4-5H,1-3H3. The van der Waals surface area contributed by atoms with Gasteiger partial charge in [-0.2, -0.15) is 10.2 Å². The predicted molar refractivity (Wildman–Crippen MR) is 77.0 cm³/mol. The van der Waals surface area contributed by atoms with Gasteiger partial charge in [-0.25, -0.2) is 14.5 Å². The van der Waals surface area contributed by atoms with Crippen molar-refractivity contribution >= 4 is 28.3 Å². The minimum absolute atomic E-state index is 0.474. The smallest absolute Gasteiger partial charge is 0.204 e. The molecule has 0 saturated heterocycles. The lowest BCUT2D eigenvalue weighted by atomic mass is 10.3. The van der Waals surface area contributed by atoms with Crippen molar-refractivity contribution in [3.63, 3.8) is 0 Å². The molecule has 4 rings (SSSR count). The zero-order chi connectivity index (χ0) is 14.7. The summed E-state index contributed by atoms with van der Waals surface area (Å²) in [6.45, 7) is 1.90.